The number of anilines is 1. The fourth-order valence-corrected chi connectivity index (χ4v) is 1.84. The summed E-state index contributed by atoms with van der Waals surface area (Å²) in [5.41, 5.74) is 7.31. The third-order valence-corrected chi connectivity index (χ3v) is 2.65. The smallest absolute Gasteiger partial charge is 0.130 e. The molecule has 2 aromatic rings. The van der Waals surface area contributed by atoms with Crippen molar-refractivity contribution < 1.29 is 4.39 Å². The number of rotatable bonds is 5. The van der Waals surface area contributed by atoms with Crippen LogP contribution in [0.5, 0.6) is 0 Å². The molecule has 0 amide bonds. The number of nitrogens with two attached hydrogens (primary N) is 1. The molecule has 0 bridgehead atoms. The van der Waals surface area contributed by atoms with E-state index in [1.165, 1.54) is 12.1 Å². The maximum atomic E-state index is 13.1. The maximum absolute atomic E-state index is 13.1. The largest absolute Gasteiger partial charge is 0.366 e. The first-order valence-electron chi connectivity index (χ1n) is 6.20. The number of halogens is 1. The zero-order valence-electron chi connectivity index (χ0n) is 10.9. The average Bonchev–Trinajstić information content (AvgIpc) is 2.36. The van der Waals surface area contributed by atoms with Crippen molar-refractivity contribution in [1.29, 1.82) is 0 Å². The van der Waals surface area contributed by atoms with E-state index in [1.54, 1.807) is 6.07 Å². The summed E-state index contributed by atoms with van der Waals surface area (Å²) in [6.45, 7) is 2.92. The van der Waals surface area contributed by atoms with E-state index in [0.29, 0.717) is 18.9 Å². The van der Waals surface area contributed by atoms with Crippen LogP contribution in [0, 0.1) is 12.7 Å². The molecule has 0 spiro atoms. The molecule has 4 nitrogen and oxygen atoms in total. The first kappa shape index (κ1) is 13.4. The monoisotopic (exact) mass is 260 g/mol. The summed E-state index contributed by atoms with van der Waals surface area (Å²) < 4.78 is 13.1. The van der Waals surface area contributed by atoms with Crippen molar-refractivity contribution in [1.82, 2.24) is 9.97 Å². The summed E-state index contributed by atoms with van der Waals surface area (Å²) in [5, 5.41) is 3.17. The van der Waals surface area contributed by atoms with Crippen molar-refractivity contribution >= 4 is 5.82 Å². The lowest BCUT2D eigenvalue weighted by Gasteiger charge is -2.08. The molecule has 0 saturated carbocycles. The van der Waals surface area contributed by atoms with Crippen LogP contribution in [0.4, 0.5) is 10.2 Å². The highest BCUT2D eigenvalue weighted by atomic mass is 19.1. The Morgan fingerprint density at radius 3 is 2.84 bits per heavy atom. The van der Waals surface area contributed by atoms with Gasteiger partial charge in [-0.1, -0.05) is 12.1 Å². The van der Waals surface area contributed by atoms with E-state index in [1.807, 2.05) is 19.1 Å². The maximum Gasteiger partial charge on any atom is 0.130 e. The molecule has 1 heterocycles. The van der Waals surface area contributed by atoms with Gasteiger partial charge in [0.25, 0.3) is 0 Å². The lowest BCUT2D eigenvalue weighted by atomic mass is 10.2. The number of benzene rings is 1. The van der Waals surface area contributed by atoms with E-state index in [-0.39, 0.29) is 5.82 Å². The summed E-state index contributed by atoms with van der Waals surface area (Å²) in [5.74, 6) is 1.20. The number of aromatic nitrogens is 2. The predicted octanol–water partition coefficient (Wildman–Crippen LogP) is 2.04. The second-order valence-electron chi connectivity index (χ2n) is 4.31. The molecule has 0 atom stereocenters. The molecule has 2 rings (SSSR count). The van der Waals surface area contributed by atoms with Crippen LogP contribution in [0.25, 0.3) is 0 Å². The van der Waals surface area contributed by atoms with Gasteiger partial charge in [-0.15, -0.1) is 0 Å². The molecule has 100 valence electrons. The van der Waals surface area contributed by atoms with Gasteiger partial charge in [-0.2, -0.15) is 0 Å². The van der Waals surface area contributed by atoms with Crippen LogP contribution in [0.2, 0.25) is 0 Å². The fraction of sp³-hybridized carbons (Fsp3) is 0.286. The van der Waals surface area contributed by atoms with Gasteiger partial charge in [0.1, 0.15) is 17.5 Å². The van der Waals surface area contributed by atoms with Gasteiger partial charge >= 0.3 is 0 Å². The first-order valence-corrected chi connectivity index (χ1v) is 6.20. The number of aryl methyl sites for hydroxylation is 1. The van der Waals surface area contributed by atoms with Gasteiger partial charge in [-0.3, -0.25) is 0 Å². The number of nitrogens with one attached hydrogen (secondary N) is 1. The van der Waals surface area contributed by atoms with Gasteiger partial charge in [0.15, 0.2) is 0 Å². The molecular weight excluding hydrogens is 243 g/mol. The third kappa shape index (κ3) is 3.99. The van der Waals surface area contributed by atoms with Gasteiger partial charge in [0, 0.05) is 24.7 Å². The Balaban J connectivity index is 2.06. The lowest BCUT2D eigenvalue weighted by Crippen LogP contribution is -2.08. The van der Waals surface area contributed by atoms with Crippen LogP contribution in [0.3, 0.4) is 0 Å². The summed E-state index contributed by atoms with van der Waals surface area (Å²) >= 11 is 0. The summed E-state index contributed by atoms with van der Waals surface area (Å²) in [6, 6.07) is 8.36. The molecule has 0 aliphatic heterocycles. The summed E-state index contributed by atoms with van der Waals surface area (Å²) in [7, 11) is 0. The SMILES string of the molecule is Cc1nc(CCN)cc(NCc2cccc(F)c2)n1. The Bertz CT molecular complexity index is 557. The Hall–Kier alpha value is -2.01. The van der Waals surface area contributed by atoms with Crippen LogP contribution in [0.1, 0.15) is 17.1 Å². The molecular formula is C14H17FN4. The Morgan fingerprint density at radius 2 is 2.11 bits per heavy atom. The van der Waals surface area contributed by atoms with Gasteiger partial charge in [0.05, 0.1) is 0 Å². The zero-order chi connectivity index (χ0) is 13.7. The van der Waals surface area contributed by atoms with Crippen LogP contribution >= 0.6 is 0 Å². The Labute approximate surface area is 111 Å². The van der Waals surface area contributed by atoms with Crippen LogP contribution in [0.15, 0.2) is 30.3 Å². The number of hydrogen-bond donors (Lipinski definition) is 2. The highest BCUT2D eigenvalue weighted by Gasteiger charge is 2.02. The predicted molar refractivity (Wildman–Crippen MR) is 73.3 cm³/mol. The normalized spacial score (nSPS) is 10.5. The molecule has 3 N–H and O–H groups in total. The van der Waals surface area contributed by atoms with E-state index in [4.69, 9.17) is 5.73 Å². The van der Waals surface area contributed by atoms with Gasteiger partial charge in [0.2, 0.25) is 0 Å². The molecule has 0 radical (unpaired) electrons. The fourth-order valence-electron chi connectivity index (χ4n) is 1.84. The van der Waals surface area contributed by atoms with Crippen molar-refractivity contribution in [2.24, 2.45) is 5.73 Å². The first-order chi connectivity index (χ1) is 9.17. The zero-order valence-corrected chi connectivity index (χ0v) is 10.9. The topological polar surface area (TPSA) is 63.8 Å². The molecule has 1 aromatic heterocycles. The Kier molecular flexibility index (Phi) is 4.41. The second-order valence-corrected chi connectivity index (χ2v) is 4.31. The van der Waals surface area contributed by atoms with E-state index in [2.05, 4.69) is 15.3 Å². The minimum Gasteiger partial charge on any atom is -0.366 e. The van der Waals surface area contributed by atoms with Crippen LogP contribution in [-0.2, 0) is 13.0 Å². The standard InChI is InChI=1S/C14H17FN4/c1-10-18-13(5-6-16)8-14(19-10)17-9-11-3-2-4-12(15)7-11/h2-4,7-8H,5-6,9,16H2,1H3,(H,17,18,19). The number of hydrogen-bond acceptors (Lipinski definition) is 4. The van der Waals surface area contributed by atoms with E-state index < -0.39 is 0 Å². The Morgan fingerprint density at radius 1 is 1.26 bits per heavy atom. The van der Waals surface area contributed by atoms with Gasteiger partial charge in [-0.05, 0) is 31.2 Å². The molecule has 5 heteroatoms. The summed E-state index contributed by atoms with van der Waals surface area (Å²) in [6.07, 6.45) is 0.720. The van der Waals surface area contributed by atoms with Gasteiger partial charge < -0.3 is 11.1 Å². The highest BCUT2D eigenvalue weighted by molar-refractivity contribution is 5.37. The van der Waals surface area contributed by atoms with Crippen molar-refractivity contribution in [3.05, 3.63) is 53.2 Å². The molecule has 0 fully saturated rings. The lowest BCUT2D eigenvalue weighted by molar-refractivity contribution is 0.626. The quantitative estimate of drug-likeness (QED) is 0.863. The highest BCUT2D eigenvalue weighted by Crippen LogP contribution is 2.10. The molecule has 0 aliphatic rings. The summed E-state index contributed by atoms with van der Waals surface area (Å²) in [4.78, 5) is 8.60. The number of nitrogens with zero attached hydrogens (tertiary/aromatic N) is 2. The average molecular weight is 260 g/mol. The molecule has 0 unspecified atom stereocenters. The van der Waals surface area contributed by atoms with Crippen molar-refractivity contribution in [2.45, 2.75) is 19.9 Å². The minimum absolute atomic E-state index is 0.234. The van der Waals surface area contributed by atoms with Crippen molar-refractivity contribution in [3.8, 4) is 0 Å². The van der Waals surface area contributed by atoms with Crippen LogP contribution in [-0.4, -0.2) is 16.5 Å². The minimum atomic E-state index is -0.234. The van der Waals surface area contributed by atoms with E-state index >= 15 is 0 Å². The van der Waals surface area contributed by atoms with E-state index in [0.717, 1.165) is 23.5 Å². The third-order valence-electron chi connectivity index (χ3n) is 2.65. The molecule has 1 aromatic carbocycles. The van der Waals surface area contributed by atoms with Crippen molar-refractivity contribution in [3.63, 3.8) is 0 Å². The molecule has 0 aliphatic carbocycles. The van der Waals surface area contributed by atoms with Crippen molar-refractivity contribution in [2.75, 3.05) is 11.9 Å². The van der Waals surface area contributed by atoms with Gasteiger partial charge in [-0.25, -0.2) is 14.4 Å². The second kappa shape index (κ2) is 6.24. The van der Waals surface area contributed by atoms with Crippen LogP contribution < -0.4 is 11.1 Å². The van der Waals surface area contributed by atoms with E-state index in [9.17, 15) is 4.39 Å². The molecule has 0 saturated heterocycles. The molecule has 19 heavy (non-hydrogen) atoms.